The van der Waals surface area contributed by atoms with Crippen LogP contribution in [0, 0.1) is 11.3 Å². The third-order valence-electron chi connectivity index (χ3n) is 6.91. The number of aromatic nitrogens is 4. The van der Waals surface area contributed by atoms with E-state index in [9.17, 15) is 5.26 Å². The van der Waals surface area contributed by atoms with Gasteiger partial charge in [0, 0.05) is 29.4 Å². The maximum Gasteiger partial charge on any atom is 0.109 e. The third kappa shape index (κ3) is 5.38. The zero-order valence-electron chi connectivity index (χ0n) is 21.3. The molecular weight excluding hydrogens is 484 g/mol. The summed E-state index contributed by atoms with van der Waals surface area (Å²) in [4.78, 5) is 6.85. The number of rotatable bonds is 7. The van der Waals surface area contributed by atoms with Crippen LogP contribution in [0.5, 0.6) is 0 Å². The first-order valence-electron chi connectivity index (χ1n) is 12.6. The molecule has 2 aromatic carbocycles. The number of nitrogens with zero attached hydrogens (tertiary/aromatic N) is 6. The summed E-state index contributed by atoms with van der Waals surface area (Å²) < 4.78 is 1.85. The van der Waals surface area contributed by atoms with Crippen molar-refractivity contribution in [3.8, 4) is 6.07 Å². The molecule has 1 aliphatic heterocycles. The maximum absolute atomic E-state index is 9.87. The van der Waals surface area contributed by atoms with E-state index in [0.29, 0.717) is 16.1 Å². The Hall–Kier alpha value is -3.67. The molecule has 0 saturated carbocycles. The van der Waals surface area contributed by atoms with Gasteiger partial charge >= 0.3 is 0 Å². The van der Waals surface area contributed by atoms with Crippen LogP contribution in [0.2, 0.25) is 5.02 Å². The zero-order chi connectivity index (χ0) is 25.9. The smallest absolute Gasteiger partial charge is 0.109 e. The van der Waals surface area contributed by atoms with Gasteiger partial charge in [-0.1, -0.05) is 47.1 Å². The lowest BCUT2D eigenvalue weighted by molar-refractivity contribution is 0.264. The number of nitriles is 1. The van der Waals surface area contributed by atoms with Crippen LogP contribution in [0.4, 0.5) is 11.4 Å². The molecule has 1 aliphatic rings. The Labute approximate surface area is 222 Å². The van der Waals surface area contributed by atoms with E-state index in [1.807, 2.05) is 41.2 Å². The molecular formula is C28H31ClN8. The first kappa shape index (κ1) is 25.0. The number of anilines is 2. The number of halogens is 1. The van der Waals surface area contributed by atoms with Gasteiger partial charge < -0.3 is 15.5 Å². The summed E-state index contributed by atoms with van der Waals surface area (Å²) in [6.07, 6.45) is 5.60. The standard InChI is InChI=1S/C28H31ClN8/c1-18(2)37-17-25(34-35-37)27(19-7-5-4-6-8-19)33-22-13-23-26(32-21-9-11-36(3)12-10-21)20(15-30)16-31-28(23)24(29)14-22/h4-8,13-14,16-18,21,27,33H,9-12H2,1-3H3,(H,31,32)/t27-/m0/s1. The molecule has 0 radical (unpaired) electrons. The Morgan fingerprint density at radius 1 is 1.14 bits per heavy atom. The van der Waals surface area contributed by atoms with Gasteiger partial charge in [-0.25, -0.2) is 4.68 Å². The van der Waals surface area contributed by atoms with Crippen LogP contribution in [-0.2, 0) is 0 Å². The van der Waals surface area contributed by atoms with Crippen molar-refractivity contribution in [1.29, 1.82) is 5.26 Å². The largest absolute Gasteiger partial charge is 0.381 e. The lowest BCUT2D eigenvalue weighted by Gasteiger charge is -2.30. The molecule has 9 heteroatoms. The number of nitrogens with one attached hydrogen (secondary N) is 2. The quantitative estimate of drug-likeness (QED) is 0.329. The minimum absolute atomic E-state index is 0.205. The van der Waals surface area contributed by atoms with E-state index in [1.54, 1.807) is 6.20 Å². The second kappa shape index (κ2) is 10.8. The first-order valence-corrected chi connectivity index (χ1v) is 13.0. The van der Waals surface area contributed by atoms with Crippen molar-refractivity contribution in [1.82, 2.24) is 24.9 Å². The Kier molecular flexibility index (Phi) is 7.26. The van der Waals surface area contributed by atoms with Crippen molar-refractivity contribution in [2.24, 2.45) is 0 Å². The van der Waals surface area contributed by atoms with E-state index < -0.39 is 0 Å². The number of pyridine rings is 1. The second-order valence-corrected chi connectivity index (χ2v) is 10.3. The molecule has 1 saturated heterocycles. The van der Waals surface area contributed by atoms with Crippen LogP contribution in [-0.4, -0.2) is 51.1 Å². The Bertz CT molecular complexity index is 1420. The van der Waals surface area contributed by atoms with Gasteiger partial charge in [0.2, 0.25) is 0 Å². The molecule has 2 aromatic heterocycles. The summed E-state index contributed by atoms with van der Waals surface area (Å²) in [5, 5.41) is 27.3. The number of benzene rings is 2. The van der Waals surface area contributed by atoms with E-state index in [-0.39, 0.29) is 18.1 Å². The zero-order valence-corrected chi connectivity index (χ0v) is 22.1. The molecule has 1 atom stereocenters. The molecule has 0 spiro atoms. The van der Waals surface area contributed by atoms with E-state index in [0.717, 1.165) is 53.9 Å². The van der Waals surface area contributed by atoms with Gasteiger partial charge in [-0.2, -0.15) is 5.26 Å². The number of likely N-dealkylation sites (tertiary alicyclic amines) is 1. The summed E-state index contributed by atoms with van der Waals surface area (Å²) in [5.41, 5.74) is 4.65. The molecule has 2 N–H and O–H groups in total. The number of fused-ring (bicyclic) bond motifs is 1. The molecule has 5 rings (SSSR count). The van der Waals surface area contributed by atoms with Gasteiger partial charge in [-0.3, -0.25) is 4.98 Å². The average molecular weight is 515 g/mol. The predicted octanol–water partition coefficient (Wildman–Crippen LogP) is 5.64. The van der Waals surface area contributed by atoms with Crippen LogP contribution >= 0.6 is 11.6 Å². The summed E-state index contributed by atoms with van der Waals surface area (Å²) >= 11 is 6.76. The molecule has 3 heterocycles. The van der Waals surface area contributed by atoms with Crippen LogP contribution in [0.25, 0.3) is 10.9 Å². The third-order valence-corrected chi connectivity index (χ3v) is 7.20. The predicted molar refractivity (Wildman–Crippen MR) is 148 cm³/mol. The summed E-state index contributed by atoms with van der Waals surface area (Å²) in [6.45, 7) is 6.19. The van der Waals surface area contributed by atoms with E-state index in [2.05, 4.69) is 69.9 Å². The van der Waals surface area contributed by atoms with Crippen molar-refractivity contribution >= 4 is 33.9 Å². The fourth-order valence-corrected chi connectivity index (χ4v) is 5.02. The highest BCUT2D eigenvalue weighted by molar-refractivity contribution is 6.35. The van der Waals surface area contributed by atoms with Crippen molar-refractivity contribution in [3.05, 3.63) is 76.7 Å². The van der Waals surface area contributed by atoms with Crippen LogP contribution in [0.1, 0.15) is 55.6 Å². The Morgan fingerprint density at radius 2 is 1.89 bits per heavy atom. The molecule has 8 nitrogen and oxygen atoms in total. The van der Waals surface area contributed by atoms with Crippen molar-refractivity contribution < 1.29 is 0 Å². The molecule has 0 bridgehead atoms. The summed E-state index contributed by atoms with van der Waals surface area (Å²) in [6, 6.07) is 16.6. The first-order chi connectivity index (χ1) is 17.9. The normalized spacial score (nSPS) is 15.6. The number of piperidine rings is 1. The van der Waals surface area contributed by atoms with Crippen LogP contribution in [0.15, 0.2) is 54.9 Å². The SMILES string of the molecule is CC(C)n1cc([C@@H](Nc2cc(Cl)c3ncc(C#N)c(NC4CCN(C)CC4)c3c2)c2ccccc2)nn1. The van der Waals surface area contributed by atoms with Gasteiger partial charge in [0.15, 0.2) is 0 Å². The lowest BCUT2D eigenvalue weighted by Crippen LogP contribution is -2.36. The minimum Gasteiger partial charge on any atom is -0.381 e. The van der Waals surface area contributed by atoms with Crippen molar-refractivity contribution in [3.63, 3.8) is 0 Å². The van der Waals surface area contributed by atoms with Gasteiger partial charge in [-0.15, -0.1) is 5.10 Å². The molecule has 37 heavy (non-hydrogen) atoms. The molecule has 1 fully saturated rings. The van der Waals surface area contributed by atoms with Crippen molar-refractivity contribution in [2.45, 2.75) is 44.8 Å². The summed E-state index contributed by atoms with van der Waals surface area (Å²) in [5.74, 6) is 0. The Balaban J connectivity index is 1.55. The van der Waals surface area contributed by atoms with Crippen molar-refractivity contribution in [2.75, 3.05) is 30.8 Å². The van der Waals surface area contributed by atoms with Crippen LogP contribution in [0.3, 0.4) is 0 Å². The minimum atomic E-state index is -0.236. The summed E-state index contributed by atoms with van der Waals surface area (Å²) in [7, 11) is 2.14. The fourth-order valence-electron chi connectivity index (χ4n) is 4.76. The highest BCUT2D eigenvalue weighted by Crippen LogP contribution is 2.36. The Morgan fingerprint density at radius 3 is 2.57 bits per heavy atom. The highest BCUT2D eigenvalue weighted by Gasteiger charge is 2.22. The number of hydrogen-bond donors (Lipinski definition) is 2. The van der Waals surface area contributed by atoms with E-state index in [1.165, 1.54) is 0 Å². The van der Waals surface area contributed by atoms with E-state index >= 15 is 0 Å². The van der Waals surface area contributed by atoms with Gasteiger partial charge in [-0.05, 0) is 64.5 Å². The lowest BCUT2D eigenvalue weighted by atomic mass is 10.0. The number of hydrogen-bond acceptors (Lipinski definition) is 7. The van der Waals surface area contributed by atoms with Crippen LogP contribution < -0.4 is 10.6 Å². The van der Waals surface area contributed by atoms with Gasteiger partial charge in [0.25, 0.3) is 0 Å². The monoisotopic (exact) mass is 514 g/mol. The highest BCUT2D eigenvalue weighted by atomic mass is 35.5. The molecule has 190 valence electrons. The maximum atomic E-state index is 9.87. The fraction of sp³-hybridized carbons (Fsp3) is 0.357. The molecule has 0 unspecified atom stereocenters. The topological polar surface area (TPSA) is 94.7 Å². The molecule has 0 amide bonds. The second-order valence-electron chi connectivity index (χ2n) is 9.94. The van der Waals surface area contributed by atoms with Gasteiger partial charge in [0.05, 0.1) is 34.0 Å². The van der Waals surface area contributed by atoms with Gasteiger partial charge in [0.1, 0.15) is 11.8 Å². The molecule has 4 aromatic rings. The molecule has 0 aliphatic carbocycles. The average Bonchev–Trinajstić information content (AvgIpc) is 3.40. The van der Waals surface area contributed by atoms with E-state index in [4.69, 9.17) is 11.6 Å².